The molecule has 0 saturated carbocycles. The van der Waals surface area contributed by atoms with Crippen molar-refractivity contribution in [2.24, 2.45) is 17.6 Å². The number of hydrogen-bond donors (Lipinski definition) is 2. The van der Waals surface area contributed by atoms with E-state index in [-0.39, 0.29) is 16.7 Å². The standard InChI is InChI=1S/C15H24N2O3S/c1-11(2)7-12(10-16)8-15(18)17-13-5-4-6-14(9-13)21(3,19)20/h4-6,9,11-12H,7-8,10,16H2,1-3H3,(H,17,18). The molecule has 6 heteroatoms. The lowest BCUT2D eigenvalue weighted by atomic mass is 9.94. The zero-order chi connectivity index (χ0) is 16.0. The Labute approximate surface area is 126 Å². The van der Waals surface area contributed by atoms with Crippen molar-refractivity contribution in [3.63, 3.8) is 0 Å². The average Bonchev–Trinajstić information content (AvgIpc) is 2.36. The summed E-state index contributed by atoms with van der Waals surface area (Å²) in [6.07, 6.45) is 2.38. The van der Waals surface area contributed by atoms with Crippen LogP contribution in [0, 0.1) is 11.8 Å². The summed E-state index contributed by atoms with van der Waals surface area (Å²) < 4.78 is 23.0. The molecule has 0 aliphatic heterocycles. The number of anilines is 1. The summed E-state index contributed by atoms with van der Waals surface area (Å²) in [6.45, 7) is 4.65. The normalized spacial score (nSPS) is 13.2. The van der Waals surface area contributed by atoms with Crippen LogP contribution in [0.15, 0.2) is 29.2 Å². The molecule has 1 aromatic carbocycles. The van der Waals surface area contributed by atoms with Crippen LogP contribution in [-0.4, -0.2) is 27.1 Å². The molecular formula is C15H24N2O3S. The number of nitrogens with two attached hydrogens (primary N) is 1. The fourth-order valence-electron chi connectivity index (χ4n) is 2.21. The van der Waals surface area contributed by atoms with Gasteiger partial charge in [0, 0.05) is 18.4 Å². The Bertz CT molecular complexity index is 582. The third-order valence-electron chi connectivity index (χ3n) is 3.16. The van der Waals surface area contributed by atoms with E-state index in [4.69, 9.17) is 5.73 Å². The number of nitrogens with one attached hydrogen (secondary N) is 1. The smallest absolute Gasteiger partial charge is 0.224 e. The molecule has 0 bridgehead atoms. The highest BCUT2D eigenvalue weighted by atomic mass is 32.2. The van der Waals surface area contributed by atoms with Crippen molar-refractivity contribution in [1.29, 1.82) is 0 Å². The lowest BCUT2D eigenvalue weighted by molar-refractivity contribution is -0.117. The van der Waals surface area contributed by atoms with Gasteiger partial charge in [-0.1, -0.05) is 19.9 Å². The SMILES string of the molecule is CC(C)CC(CN)CC(=O)Nc1cccc(S(C)(=O)=O)c1. The van der Waals surface area contributed by atoms with E-state index in [1.165, 1.54) is 12.1 Å². The molecule has 1 amide bonds. The number of hydrogen-bond acceptors (Lipinski definition) is 4. The van der Waals surface area contributed by atoms with E-state index in [9.17, 15) is 13.2 Å². The average molecular weight is 312 g/mol. The van der Waals surface area contributed by atoms with E-state index in [1.807, 2.05) is 0 Å². The fourth-order valence-corrected chi connectivity index (χ4v) is 2.88. The first-order chi connectivity index (χ1) is 9.72. The second-order valence-electron chi connectivity index (χ2n) is 5.78. The monoisotopic (exact) mass is 312 g/mol. The van der Waals surface area contributed by atoms with E-state index in [1.54, 1.807) is 12.1 Å². The number of carbonyl (C=O) groups is 1. The first-order valence-corrected chi connectivity index (χ1v) is 8.91. The van der Waals surface area contributed by atoms with Gasteiger partial charge >= 0.3 is 0 Å². The predicted molar refractivity (Wildman–Crippen MR) is 84.8 cm³/mol. The maximum absolute atomic E-state index is 12.0. The molecule has 1 aromatic rings. The molecule has 0 aliphatic rings. The lowest BCUT2D eigenvalue weighted by Crippen LogP contribution is -2.23. The van der Waals surface area contributed by atoms with Crippen LogP contribution >= 0.6 is 0 Å². The first-order valence-electron chi connectivity index (χ1n) is 7.02. The summed E-state index contributed by atoms with van der Waals surface area (Å²) in [5.74, 6) is 0.486. The van der Waals surface area contributed by atoms with E-state index >= 15 is 0 Å². The van der Waals surface area contributed by atoms with Crippen molar-refractivity contribution in [2.45, 2.75) is 31.6 Å². The molecule has 0 aliphatic carbocycles. The van der Waals surface area contributed by atoms with Crippen molar-refractivity contribution in [3.05, 3.63) is 24.3 Å². The minimum atomic E-state index is -3.28. The van der Waals surface area contributed by atoms with Crippen molar-refractivity contribution in [1.82, 2.24) is 0 Å². The summed E-state index contributed by atoms with van der Waals surface area (Å²) in [7, 11) is -3.28. The maximum Gasteiger partial charge on any atom is 0.224 e. The van der Waals surface area contributed by atoms with Crippen LogP contribution in [0.1, 0.15) is 26.7 Å². The summed E-state index contributed by atoms with van der Waals surface area (Å²) in [6, 6.07) is 6.26. The Morgan fingerprint density at radius 3 is 2.52 bits per heavy atom. The van der Waals surface area contributed by atoms with Crippen LogP contribution in [0.5, 0.6) is 0 Å². The Hall–Kier alpha value is -1.40. The number of benzene rings is 1. The van der Waals surface area contributed by atoms with Gasteiger partial charge in [0.1, 0.15) is 0 Å². The van der Waals surface area contributed by atoms with E-state index < -0.39 is 9.84 Å². The van der Waals surface area contributed by atoms with Crippen molar-refractivity contribution >= 4 is 21.4 Å². The molecule has 3 N–H and O–H groups in total. The zero-order valence-electron chi connectivity index (χ0n) is 12.8. The lowest BCUT2D eigenvalue weighted by Gasteiger charge is -2.16. The topological polar surface area (TPSA) is 89.3 Å². The fraction of sp³-hybridized carbons (Fsp3) is 0.533. The number of sulfone groups is 1. The second-order valence-corrected chi connectivity index (χ2v) is 7.80. The summed E-state index contributed by atoms with van der Waals surface area (Å²) in [4.78, 5) is 12.2. The molecule has 1 unspecified atom stereocenters. The van der Waals surface area contributed by atoms with Crippen LogP contribution < -0.4 is 11.1 Å². The Balaban J connectivity index is 2.71. The molecule has 21 heavy (non-hydrogen) atoms. The largest absolute Gasteiger partial charge is 0.330 e. The maximum atomic E-state index is 12.0. The Kier molecular flexibility index (Phi) is 6.36. The van der Waals surface area contributed by atoms with Gasteiger partial charge in [-0.3, -0.25) is 4.79 Å². The molecular weight excluding hydrogens is 288 g/mol. The Morgan fingerprint density at radius 2 is 2.00 bits per heavy atom. The molecule has 0 aromatic heterocycles. The van der Waals surface area contributed by atoms with Crippen molar-refractivity contribution in [2.75, 3.05) is 18.1 Å². The summed E-state index contributed by atoms with van der Waals surface area (Å²) in [5.41, 5.74) is 6.17. The van der Waals surface area contributed by atoms with Gasteiger partial charge in [-0.05, 0) is 43.0 Å². The van der Waals surface area contributed by atoms with Gasteiger partial charge in [0.15, 0.2) is 9.84 Å². The third-order valence-corrected chi connectivity index (χ3v) is 4.27. The summed E-state index contributed by atoms with van der Waals surface area (Å²) in [5, 5.41) is 2.73. The molecule has 1 atom stereocenters. The van der Waals surface area contributed by atoms with E-state index in [2.05, 4.69) is 19.2 Å². The minimum absolute atomic E-state index is 0.142. The van der Waals surface area contributed by atoms with E-state index in [0.29, 0.717) is 24.6 Å². The van der Waals surface area contributed by atoms with Gasteiger partial charge in [-0.2, -0.15) is 0 Å². The van der Waals surface area contributed by atoms with Crippen LogP contribution in [0.3, 0.4) is 0 Å². The van der Waals surface area contributed by atoms with Crippen molar-refractivity contribution in [3.8, 4) is 0 Å². The Morgan fingerprint density at radius 1 is 1.33 bits per heavy atom. The molecule has 118 valence electrons. The highest BCUT2D eigenvalue weighted by molar-refractivity contribution is 7.90. The second kappa shape index (κ2) is 7.56. The van der Waals surface area contributed by atoms with Crippen LogP contribution in [0.4, 0.5) is 5.69 Å². The van der Waals surface area contributed by atoms with Crippen LogP contribution in [-0.2, 0) is 14.6 Å². The highest BCUT2D eigenvalue weighted by Crippen LogP contribution is 2.18. The molecule has 0 saturated heterocycles. The van der Waals surface area contributed by atoms with E-state index in [0.717, 1.165) is 12.7 Å². The van der Waals surface area contributed by atoms with Gasteiger partial charge in [-0.15, -0.1) is 0 Å². The zero-order valence-corrected chi connectivity index (χ0v) is 13.6. The molecule has 0 spiro atoms. The van der Waals surface area contributed by atoms with Crippen LogP contribution in [0.25, 0.3) is 0 Å². The minimum Gasteiger partial charge on any atom is -0.330 e. The molecule has 0 radical (unpaired) electrons. The quantitative estimate of drug-likeness (QED) is 0.806. The van der Waals surface area contributed by atoms with Gasteiger partial charge in [-0.25, -0.2) is 8.42 Å². The molecule has 5 nitrogen and oxygen atoms in total. The molecule has 1 rings (SSSR count). The van der Waals surface area contributed by atoms with Crippen molar-refractivity contribution < 1.29 is 13.2 Å². The number of rotatable bonds is 7. The van der Waals surface area contributed by atoms with Gasteiger partial charge < -0.3 is 11.1 Å². The van der Waals surface area contributed by atoms with Gasteiger partial charge in [0.2, 0.25) is 5.91 Å². The number of carbonyl (C=O) groups excluding carboxylic acids is 1. The van der Waals surface area contributed by atoms with Gasteiger partial charge in [0.25, 0.3) is 0 Å². The van der Waals surface area contributed by atoms with Crippen LogP contribution in [0.2, 0.25) is 0 Å². The number of amides is 1. The van der Waals surface area contributed by atoms with Gasteiger partial charge in [0.05, 0.1) is 4.90 Å². The highest BCUT2D eigenvalue weighted by Gasteiger charge is 2.15. The molecule has 0 fully saturated rings. The summed E-state index contributed by atoms with van der Waals surface area (Å²) >= 11 is 0. The molecule has 0 heterocycles. The predicted octanol–water partition coefficient (Wildman–Crippen LogP) is 2.04. The first kappa shape index (κ1) is 17.7. The third kappa shape index (κ3) is 6.27.